The molecular formula is C8H15N3O. The zero-order valence-electron chi connectivity index (χ0n) is 7.34. The summed E-state index contributed by atoms with van der Waals surface area (Å²) in [4.78, 5) is 13.6. The number of nitrogens with zero attached hydrogens (tertiary/aromatic N) is 1. The lowest BCUT2D eigenvalue weighted by atomic mass is 10.1. The van der Waals surface area contributed by atoms with E-state index in [9.17, 15) is 4.79 Å². The Labute approximate surface area is 72.3 Å². The van der Waals surface area contributed by atoms with E-state index in [1.807, 2.05) is 4.90 Å². The number of nitrogens with one attached hydrogen (secondary N) is 2. The molecule has 12 heavy (non-hydrogen) atoms. The fourth-order valence-electron chi connectivity index (χ4n) is 2.01. The van der Waals surface area contributed by atoms with Crippen molar-refractivity contribution in [3.63, 3.8) is 0 Å². The first kappa shape index (κ1) is 8.01. The normalized spacial score (nSPS) is 34.4. The Morgan fingerprint density at radius 2 is 2.50 bits per heavy atom. The van der Waals surface area contributed by atoms with Gasteiger partial charge in [0.05, 0.1) is 0 Å². The Morgan fingerprint density at radius 1 is 1.67 bits per heavy atom. The number of hydrogen-bond donors (Lipinski definition) is 2. The van der Waals surface area contributed by atoms with Gasteiger partial charge in [0.1, 0.15) is 6.04 Å². The van der Waals surface area contributed by atoms with E-state index in [0.717, 1.165) is 26.1 Å². The molecule has 0 unspecified atom stereocenters. The van der Waals surface area contributed by atoms with Crippen LogP contribution in [0.3, 0.4) is 0 Å². The van der Waals surface area contributed by atoms with E-state index in [-0.39, 0.29) is 11.9 Å². The highest BCUT2D eigenvalue weighted by Crippen LogP contribution is 2.20. The van der Waals surface area contributed by atoms with Gasteiger partial charge < -0.3 is 4.90 Å². The SMILES string of the molecule is CCCN1C[C@H]2CNN[C@H]2C1=O. The van der Waals surface area contributed by atoms with Gasteiger partial charge in [0.25, 0.3) is 0 Å². The molecule has 4 nitrogen and oxygen atoms in total. The quantitative estimate of drug-likeness (QED) is 0.576. The molecule has 2 heterocycles. The van der Waals surface area contributed by atoms with Gasteiger partial charge in [0, 0.05) is 25.6 Å². The average Bonchev–Trinajstić information content (AvgIpc) is 2.58. The van der Waals surface area contributed by atoms with E-state index in [1.165, 1.54) is 0 Å². The zero-order valence-corrected chi connectivity index (χ0v) is 7.34. The fraction of sp³-hybridized carbons (Fsp3) is 0.875. The molecule has 2 rings (SSSR count). The summed E-state index contributed by atoms with van der Waals surface area (Å²) < 4.78 is 0. The maximum atomic E-state index is 11.6. The van der Waals surface area contributed by atoms with Gasteiger partial charge in [0.2, 0.25) is 5.91 Å². The number of carbonyl (C=O) groups excluding carboxylic acids is 1. The standard InChI is InChI=1S/C8H15N3O/c1-2-3-11-5-6-4-9-10-7(6)8(11)12/h6-7,9-10H,2-5H2,1H3/t6-,7-/m1/s1. The molecule has 2 saturated heterocycles. The average molecular weight is 169 g/mol. The maximum Gasteiger partial charge on any atom is 0.241 e. The van der Waals surface area contributed by atoms with Crippen molar-refractivity contribution < 1.29 is 4.79 Å². The summed E-state index contributed by atoms with van der Waals surface area (Å²) in [5.41, 5.74) is 6.04. The lowest BCUT2D eigenvalue weighted by molar-refractivity contribution is -0.129. The van der Waals surface area contributed by atoms with Gasteiger partial charge in [0.15, 0.2) is 0 Å². The molecule has 2 N–H and O–H groups in total. The smallest absolute Gasteiger partial charge is 0.241 e. The van der Waals surface area contributed by atoms with Crippen LogP contribution in [0.5, 0.6) is 0 Å². The van der Waals surface area contributed by atoms with Gasteiger partial charge in [-0.05, 0) is 6.42 Å². The fourth-order valence-corrected chi connectivity index (χ4v) is 2.01. The molecule has 0 aromatic rings. The van der Waals surface area contributed by atoms with E-state index in [0.29, 0.717) is 5.92 Å². The van der Waals surface area contributed by atoms with E-state index in [2.05, 4.69) is 17.8 Å². The molecule has 2 aliphatic heterocycles. The summed E-state index contributed by atoms with van der Waals surface area (Å²) in [5, 5.41) is 0. The maximum absolute atomic E-state index is 11.6. The van der Waals surface area contributed by atoms with Crippen molar-refractivity contribution in [1.29, 1.82) is 0 Å². The summed E-state index contributed by atoms with van der Waals surface area (Å²) in [6.45, 7) is 4.87. The van der Waals surface area contributed by atoms with Crippen LogP contribution >= 0.6 is 0 Å². The van der Waals surface area contributed by atoms with Gasteiger partial charge >= 0.3 is 0 Å². The molecule has 0 aliphatic carbocycles. The molecule has 4 heteroatoms. The summed E-state index contributed by atoms with van der Waals surface area (Å²) >= 11 is 0. The predicted octanol–water partition coefficient (Wildman–Crippen LogP) is -0.669. The van der Waals surface area contributed by atoms with Crippen LogP contribution in [-0.2, 0) is 4.79 Å². The van der Waals surface area contributed by atoms with E-state index < -0.39 is 0 Å². The second-order valence-electron chi connectivity index (χ2n) is 3.55. The second kappa shape index (κ2) is 3.03. The minimum absolute atomic E-state index is 0.0524. The summed E-state index contributed by atoms with van der Waals surface area (Å²) in [6, 6.07) is 0.0524. The highest BCUT2D eigenvalue weighted by Gasteiger charge is 2.42. The Balaban J connectivity index is 2.01. The molecule has 0 saturated carbocycles. The van der Waals surface area contributed by atoms with Crippen LogP contribution in [0, 0.1) is 5.92 Å². The number of likely N-dealkylation sites (tertiary alicyclic amines) is 1. The number of carbonyl (C=O) groups is 1. The van der Waals surface area contributed by atoms with Gasteiger partial charge in [-0.15, -0.1) is 0 Å². The monoisotopic (exact) mass is 169 g/mol. The first-order valence-corrected chi connectivity index (χ1v) is 4.60. The molecule has 2 fully saturated rings. The first-order chi connectivity index (χ1) is 5.83. The van der Waals surface area contributed by atoms with Crippen molar-refractivity contribution in [1.82, 2.24) is 15.8 Å². The van der Waals surface area contributed by atoms with Gasteiger partial charge in [-0.1, -0.05) is 6.92 Å². The summed E-state index contributed by atoms with van der Waals surface area (Å²) in [5.74, 6) is 0.760. The molecule has 0 aromatic carbocycles. The van der Waals surface area contributed by atoms with E-state index in [4.69, 9.17) is 0 Å². The van der Waals surface area contributed by atoms with Crippen LogP contribution in [0.1, 0.15) is 13.3 Å². The first-order valence-electron chi connectivity index (χ1n) is 4.60. The second-order valence-corrected chi connectivity index (χ2v) is 3.55. The molecule has 0 radical (unpaired) electrons. The number of hydrogen-bond acceptors (Lipinski definition) is 3. The molecule has 1 amide bonds. The molecular weight excluding hydrogens is 154 g/mol. The topological polar surface area (TPSA) is 44.4 Å². The lowest BCUT2D eigenvalue weighted by Crippen LogP contribution is -2.40. The third-order valence-corrected chi connectivity index (χ3v) is 2.62. The molecule has 68 valence electrons. The van der Waals surface area contributed by atoms with Crippen LogP contribution < -0.4 is 10.9 Å². The van der Waals surface area contributed by atoms with Crippen molar-refractivity contribution in [2.45, 2.75) is 19.4 Å². The largest absolute Gasteiger partial charge is 0.341 e. The van der Waals surface area contributed by atoms with Crippen molar-refractivity contribution in [3.05, 3.63) is 0 Å². The zero-order chi connectivity index (χ0) is 8.55. The van der Waals surface area contributed by atoms with Crippen LogP contribution in [0.25, 0.3) is 0 Å². The highest BCUT2D eigenvalue weighted by molar-refractivity contribution is 5.84. The molecule has 2 atom stereocenters. The van der Waals surface area contributed by atoms with E-state index >= 15 is 0 Å². The van der Waals surface area contributed by atoms with Gasteiger partial charge in [-0.3, -0.25) is 10.2 Å². The Kier molecular flexibility index (Phi) is 2.02. The lowest BCUT2D eigenvalue weighted by Gasteiger charge is -2.15. The van der Waals surface area contributed by atoms with Gasteiger partial charge in [-0.25, -0.2) is 5.43 Å². The minimum Gasteiger partial charge on any atom is -0.341 e. The summed E-state index contributed by atoms with van der Waals surface area (Å²) in [6.07, 6.45) is 1.05. The summed E-state index contributed by atoms with van der Waals surface area (Å²) in [7, 11) is 0. The third kappa shape index (κ3) is 1.11. The Bertz CT molecular complexity index is 195. The van der Waals surface area contributed by atoms with Crippen molar-refractivity contribution in [2.24, 2.45) is 5.92 Å². The molecule has 0 spiro atoms. The highest BCUT2D eigenvalue weighted by atomic mass is 16.2. The van der Waals surface area contributed by atoms with E-state index in [1.54, 1.807) is 0 Å². The molecule has 2 aliphatic rings. The molecule has 0 aromatic heterocycles. The number of hydrazine groups is 1. The minimum atomic E-state index is 0.0524. The Morgan fingerprint density at radius 3 is 3.17 bits per heavy atom. The van der Waals surface area contributed by atoms with Crippen LogP contribution in [0.15, 0.2) is 0 Å². The van der Waals surface area contributed by atoms with Crippen molar-refractivity contribution in [2.75, 3.05) is 19.6 Å². The molecule has 0 bridgehead atoms. The van der Waals surface area contributed by atoms with Crippen LogP contribution in [0.2, 0.25) is 0 Å². The number of amides is 1. The van der Waals surface area contributed by atoms with Crippen molar-refractivity contribution in [3.8, 4) is 0 Å². The number of rotatable bonds is 2. The van der Waals surface area contributed by atoms with Crippen LogP contribution in [0.4, 0.5) is 0 Å². The van der Waals surface area contributed by atoms with Crippen molar-refractivity contribution >= 4 is 5.91 Å². The van der Waals surface area contributed by atoms with Gasteiger partial charge in [-0.2, -0.15) is 0 Å². The van der Waals surface area contributed by atoms with Crippen LogP contribution in [-0.4, -0.2) is 36.5 Å². The predicted molar refractivity (Wildman–Crippen MR) is 45.3 cm³/mol. The Hall–Kier alpha value is -0.610. The number of fused-ring (bicyclic) bond motifs is 1. The third-order valence-electron chi connectivity index (χ3n) is 2.62.